The number of hydrogen-bond acceptors (Lipinski definition) is 10. The van der Waals surface area contributed by atoms with E-state index in [0.717, 1.165) is 23.2 Å². The number of benzene rings is 2. The van der Waals surface area contributed by atoms with Gasteiger partial charge >= 0.3 is 5.97 Å². The topological polar surface area (TPSA) is 167 Å². The Kier molecular flexibility index (Phi) is 13.7. The van der Waals surface area contributed by atoms with Gasteiger partial charge in [0.2, 0.25) is 11.8 Å². The summed E-state index contributed by atoms with van der Waals surface area (Å²) >= 11 is 0. The van der Waals surface area contributed by atoms with Gasteiger partial charge in [-0.1, -0.05) is 32.0 Å². The van der Waals surface area contributed by atoms with Gasteiger partial charge in [-0.05, 0) is 91.3 Å². The average Bonchev–Trinajstić information content (AvgIpc) is 3.53. The second-order valence-electron chi connectivity index (χ2n) is 13.0. The van der Waals surface area contributed by atoms with Gasteiger partial charge in [-0.2, -0.15) is 4.68 Å². The first-order chi connectivity index (χ1) is 24.0. The Hall–Kier alpha value is -5.01. The second kappa shape index (κ2) is 18.1. The highest BCUT2D eigenvalue weighted by molar-refractivity contribution is 5.81. The maximum atomic E-state index is 13.6. The Morgan fingerprint density at radius 2 is 1.84 bits per heavy atom. The van der Waals surface area contributed by atoms with Crippen LogP contribution in [-0.2, 0) is 36.8 Å². The monoisotopic (exact) mass is 691 g/mol. The summed E-state index contributed by atoms with van der Waals surface area (Å²) in [6, 6.07) is 12.7. The normalized spacial score (nSPS) is 17.9. The van der Waals surface area contributed by atoms with Crippen molar-refractivity contribution in [1.82, 2.24) is 35.7 Å². The maximum Gasteiger partial charge on any atom is 0.314 e. The molecule has 0 saturated heterocycles. The molecule has 2 aromatic carbocycles. The summed E-state index contributed by atoms with van der Waals surface area (Å²) in [4.78, 5) is 54.8. The number of aryl methyl sites for hydroxylation is 1. The summed E-state index contributed by atoms with van der Waals surface area (Å²) < 4.78 is 18.6. The fourth-order valence-electron chi connectivity index (χ4n) is 5.85. The van der Waals surface area contributed by atoms with Crippen molar-refractivity contribution in [2.75, 3.05) is 46.5 Å². The van der Waals surface area contributed by atoms with Crippen molar-refractivity contribution in [1.29, 1.82) is 0 Å². The standard InChI is InChI=1S/C36H49N7O7/c1-6-49-35(47)36(16-15-25(2)3)22-28-11-14-30(31(20-28)48-5)50-23-33(45)37-17-19-42(18-7-8-32(44)38-24-36)34(46)21-27-9-12-29(13-10-27)43-26(4)39-40-41-43/h9-14,20,25H,6-8,15-19,21-24H2,1-5H3,(H,37,45)(H,38,44). The molecular weight excluding hydrogens is 642 g/mol. The summed E-state index contributed by atoms with van der Waals surface area (Å²) in [6.45, 7) is 8.54. The second-order valence-corrected chi connectivity index (χ2v) is 13.0. The zero-order chi connectivity index (χ0) is 36.1. The van der Waals surface area contributed by atoms with Gasteiger partial charge in [0.05, 0.1) is 31.2 Å². The summed E-state index contributed by atoms with van der Waals surface area (Å²) in [5.74, 6) is 0.649. The molecular formula is C36H49N7O7. The van der Waals surface area contributed by atoms with Crippen molar-refractivity contribution in [3.63, 3.8) is 0 Å². The van der Waals surface area contributed by atoms with Crippen molar-refractivity contribution in [2.24, 2.45) is 11.3 Å². The number of nitrogens with one attached hydrogen (secondary N) is 2. The minimum absolute atomic E-state index is 0.0964. The van der Waals surface area contributed by atoms with Crippen molar-refractivity contribution in [3.05, 3.63) is 59.4 Å². The van der Waals surface area contributed by atoms with E-state index >= 15 is 0 Å². The van der Waals surface area contributed by atoms with E-state index in [1.807, 2.05) is 30.3 Å². The molecule has 14 nitrogen and oxygen atoms in total. The van der Waals surface area contributed by atoms with Crippen molar-refractivity contribution < 1.29 is 33.4 Å². The number of carbonyl (C=O) groups excluding carboxylic acids is 4. The van der Waals surface area contributed by atoms with E-state index in [4.69, 9.17) is 14.2 Å². The van der Waals surface area contributed by atoms with Gasteiger partial charge in [-0.25, -0.2) is 0 Å². The summed E-state index contributed by atoms with van der Waals surface area (Å²) in [6.07, 6.45) is 2.22. The molecule has 50 heavy (non-hydrogen) atoms. The van der Waals surface area contributed by atoms with Crippen LogP contribution in [0.4, 0.5) is 0 Å². The zero-order valence-corrected chi connectivity index (χ0v) is 29.7. The fraction of sp³-hybridized carbons (Fsp3) is 0.528. The number of amides is 3. The number of nitrogens with zero attached hydrogens (tertiary/aromatic N) is 5. The van der Waals surface area contributed by atoms with Crippen LogP contribution in [0.3, 0.4) is 0 Å². The number of aromatic nitrogens is 4. The molecule has 0 fully saturated rings. The number of methoxy groups -OCH3 is 1. The molecule has 0 spiro atoms. The molecule has 3 heterocycles. The first kappa shape index (κ1) is 37.8. The Balaban J connectivity index is 1.54. The third kappa shape index (κ3) is 10.5. The van der Waals surface area contributed by atoms with Gasteiger partial charge in [0.15, 0.2) is 23.9 Å². The summed E-state index contributed by atoms with van der Waals surface area (Å²) in [5, 5.41) is 17.4. The number of ether oxygens (including phenoxy) is 3. The maximum absolute atomic E-state index is 13.6. The number of carbonyl (C=O) groups is 4. The third-order valence-electron chi connectivity index (χ3n) is 8.71. The number of rotatable bonds is 9. The van der Waals surface area contributed by atoms with Crippen LogP contribution in [0.25, 0.3) is 5.69 Å². The van der Waals surface area contributed by atoms with Crippen LogP contribution in [0.15, 0.2) is 42.5 Å². The van der Waals surface area contributed by atoms with Gasteiger partial charge < -0.3 is 29.7 Å². The lowest BCUT2D eigenvalue weighted by molar-refractivity contribution is -0.156. The lowest BCUT2D eigenvalue weighted by Gasteiger charge is -2.33. The number of tetrazole rings is 1. The first-order valence-electron chi connectivity index (χ1n) is 17.2. The van der Waals surface area contributed by atoms with Gasteiger partial charge in [0, 0.05) is 32.6 Å². The van der Waals surface area contributed by atoms with Crippen LogP contribution in [0.2, 0.25) is 0 Å². The molecule has 0 aliphatic carbocycles. The highest BCUT2D eigenvalue weighted by Gasteiger charge is 2.40. The van der Waals surface area contributed by atoms with Crippen molar-refractivity contribution in [3.8, 4) is 17.2 Å². The predicted octanol–water partition coefficient (Wildman–Crippen LogP) is 2.98. The Bertz CT molecular complexity index is 1610. The molecule has 0 radical (unpaired) electrons. The van der Waals surface area contributed by atoms with Crippen LogP contribution >= 0.6 is 0 Å². The van der Waals surface area contributed by atoms with E-state index in [-0.39, 0.29) is 69.4 Å². The molecule has 5 rings (SSSR count). The quantitative estimate of drug-likeness (QED) is 0.252. The van der Waals surface area contributed by atoms with Gasteiger partial charge in [0.25, 0.3) is 5.91 Å². The molecule has 2 bridgehead atoms. The summed E-state index contributed by atoms with van der Waals surface area (Å²) in [7, 11) is 1.51. The van der Waals surface area contributed by atoms with Crippen molar-refractivity contribution >= 4 is 23.7 Å². The zero-order valence-electron chi connectivity index (χ0n) is 29.7. The van der Waals surface area contributed by atoms with E-state index in [9.17, 15) is 19.2 Å². The largest absolute Gasteiger partial charge is 0.493 e. The first-order valence-corrected chi connectivity index (χ1v) is 17.2. The van der Waals surface area contributed by atoms with E-state index < -0.39 is 5.41 Å². The number of esters is 1. The Morgan fingerprint density at radius 3 is 2.52 bits per heavy atom. The summed E-state index contributed by atoms with van der Waals surface area (Å²) in [5.41, 5.74) is 1.35. The third-order valence-corrected chi connectivity index (χ3v) is 8.71. The smallest absolute Gasteiger partial charge is 0.314 e. The molecule has 2 aliphatic rings. The number of hydrogen-bond donors (Lipinski definition) is 2. The van der Waals surface area contributed by atoms with Crippen LogP contribution < -0.4 is 20.1 Å². The Morgan fingerprint density at radius 1 is 1.06 bits per heavy atom. The minimum atomic E-state index is -1.02. The van der Waals surface area contributed by atoms with E-state index in [1.54, 1.807) is 35.6 Å². The molecule has 1 aromatic heterocycles. The van der Waals surface area contributed by atoms with E-state index in [1.165, 1.54) is 7.11 Å². The van der Waals surface area contributed by atoms with Crippen LogP contribution in [0, 0.1) is 18.3 Å². The fourth-order valence-corrected chi connectivity index (χ4v) is 5.85. The van der Waals surface area contributed by atoms with Gasteiger partial charge in [0.1, 0.15) is 0 Å². The molecule has 3 amide bonds. The van der Waals surface area contributed by atoms with Crippen LogP contribution in [-0.4, -0.2) is 95.3 Å². The SMILES string of the molecule is CCOC(=O)C1(CCC(C)C)CNC(=O)CCCN(C(=O)Cc2ccc(-n3nnnc3C)cc2)CCNC(=O)COc2ccc(cc2OC)C1. The number of fused-ring (bicyclic) bond motifs is 16. The van der Waals surface area contributed by atoms with Crippen LogP contribution in [0.5, 0.6) is 11.5 Å². The molecule has 2 aliphatic heterocycles. The van der Waals surface area contributed by atoms with E-state index in [2.05, 4.69) is 40.0 Å². The molecule has 0 saturated carbocycles. The highest BCUT2D eigenvalue weighted by Crippen LogP contribution is 2.35. The molecule has 1 unspecified atom stereocenters. The molecule has 1 atom stereocenters. The molecule has 14 heteroatoms. The lowest BCUT2D eigenvalue weighted by Crippen LogP contribution is -2.46. The molecule has 3 aromatic rings. The lowest BCUT2D eigenvalue weighted by atomic mass is 9.76. The average molecular weight is 692 g/mol. The van der Waals surface area contributed by atoms with Crippen molar-refractivity contribution in [2.45, 2.75) is 66.2 Å². The van der Waals surface area contributed by atoms with Gasteiger partial charge in [-0.3, -0.25) is 19.2 Å². The minimum Gasteiger partial charge on any atom is -0.493 e. The van der Waals surface area contributed by atoms with E-state index in [0.29, 0.717) is 49.0 Å². The van der Waals surface area contributed by atoms with Crippen LogP contribution in [0.1, 0.15) is 63.4 Å². The molecule has 2 N–H and O–H groups in total. The van der Waals surface area contributed by atoms with Gasteiger partial charge in [-0.15, -0.1) is 5.10 Å². The highest BCUT2D eigenvalue weighted by atomic mass is 16.5. The molecule has 270 valence electrons. The Labute approximate surface area is 293 Å². The predicted molar refractivity (Wildman–Crippen MR) is 185 cm³/mol.